The van der Waals surface area contributed by atoms with Crippen LogP contribution in [0.2, 0.25) is 0 Å². The van der Waals surface area contributed by atoms with Crippen molar-refractivity contribution in [3.05, 3.63) is 72.9 Å². The molecular weight excluding hydrogens is 705 g/mol. The number of hydrogen-bond acceptors (Lipinski definition) is 9. The molecule has 4 N–H and O–H groups in total. The minimum atomic E-state index is -4.41. The summed E-state index contributed by atoms with van der Waals surface area (Å²) in [4.78, 5) is 34.7. The van der Waals surface area contributed by atoms with Crippen molar-refractivity contribution in [2.75, 3.05) is 26.4 Å². The van der Waals surface area contributed by atoms with Gasteiger partial charge in [-0.3, -0.25) is 18.6 Å². The second kappa shape index (κ2) is 38.7. The van der Waals surface area contributed by atoms with Crippen LogP contribution in [-0.4, -0.2) is 60.5 Å². The molecule has 0 bridgehead atoms. The van der Waals surface area contributed by atoms with Gasteiger partial charge in [-0.15, -0.1) is 0 Å². The zero-order chi connectivity index (χ0) is 39.8. The lowest BCUT2D eigenvalue weighted by Crippen LogP contribution is -2.29. The quantitative estimate of drug-likeness (QED) is 0.0182. The Kier molecular flexibility index (Phi) is 36.8. The van der Waals surface area contributed by atoms with Crippen LogP contribution < -0.4 is 5.73 Å². The molecule has 54 heavy (non-hydrogen) atoms. The number of unbranched alkanes of at least 4 members (excludes halogenated alkanes) is 12. The van der Waals surface area contributed by atoms with E-state index in [4.69, 9.17) is 24.3 Å². The molecule has 0 aliphatic heterocycles. The van der Waals surface area contributed by atoms with Crippen molar-refractivity contribution in [3.8, 4) is 0 Å². The molecule has 0 saturated heterocycles. The van der Waals surface area contributed by atoms with Gasteiger partial charge in [-0.2, -0.15) is 0 Å². The molecule has 0 aliphatic carbocycles. The van der Waals surface area contributed by atoms with Crippen LogP contribution in [0.4, 0.5) is 0 Å². The van der Waals surface area contributed by atoms with E-state index in [1.807, 2.05) is 48.6 Å². The van der Waals surface area contributed by atoms with Gasteiger partial charge in [-0.05, 0) is 44.9 Å². The molecule has 0 aromatic rings. The van der Waals surface area contributed by atoms with Gasteiger partial charge in [0.15, 0.2) is 6.10 Å². The maximum absolute atomic E-state index is 12.5. The molecule has 0 saturated carbocycles. The summed E-state index contributed by atoms with van der Waals surface area (Å²) in [6, 6.07) is 0. The van der Waals surface area contributed by atoms with E-state index in [1.54, 1.807) is 6.08 Å². The Morgan fingerprint density at radius 2 is 1.24 bits per heavy atom. The van der Waals surface area contributed by atoms with Crippen LogP contribution in [0.15, 0.2) is 72.9 Å². The Hall–Kier alpha value is -2.59. The van der Waals surface area contributed by atoms with E-state index in [-0.39, 0.29) is 32.6 Å². The second-order valence-electron chi connectivity index (χ2n) is 13.3. The standard InChI is InChI=1S/C43H74NO9P/c1-3-5-7-9-11-12-13-14-15-19-22-26-30-34-42(46)50-38-41(39-52-54(48,49)51-37-36-44)53-43(47)35-31-27-23-20-17-16-18-21-25-29-33-40(45)32-28-24-10-8-6-4-2/h6,8,16-17,21,23-25,27-29,33,40-41,45H,3-5,7,9-15,18-20,22,26,30-32,34-39,44H2,1-2H3,(H,48,49). The highest BCUT2D eigenvalue weighted by molar-refractivity contribution is 7.47. The predicted octanol–water partition coefficient (Wildman–Crippen LogP) is 10.5. The van der Waals surface area contributed by atoms with Crippen molar-refractivity contribution in [2.24, 2.45) is 5.73 Å². The number of phosphoric acid groups is 1. The number of carbonyl (C=O) groups excluding carboxylic acids is 2. The summed E-state index contributed by atoms with van der Waals surface area (Å²) in [5, 5.41) is 9.99. The van der Waals surface area contributed by atoms with E-state index in [0.717, 1.165) is 32.1 Å². The number of rotatable bonds is 37. The molecule has 0 rings (SSSR count). The fraction of sp³-hybridized carbons (Fsp3) is 0.674. The average Bonchev–Trinajstić information content (AvgIpc) is 3.15. The Labute approximate surface area is 327 Å². The molecule has 0 aromatic carbocycles. The van der Waals surface area contributed by atoms with Crippen molar-refractivity contribution < 1.29 is 42.7 Å². The number of nitrogens with two attached hydrogens (primary N) is 1. The topological polar surface area (TPSA) is 155 Å². The van der Waals surface area contributed by atoms with Gasteiger partial charge in [-0.1, -0.05) is 164 Å². The largest absolute Gasteiger partial charge is 0.472 e. The van der Waals surface area contributed by atoms with E-state index in [1.165, 1.54) is 64.2 Å². The fourth-order valence-corrected chi connectivity index (χ4v) is 5.92. The van der Waals surface area contributed by atoms with Crippen LogP contribution in [0, 0.1) is 0 Å². The fourth-order valence-electron chi connectivity index (χ4n) is 5.16. The van der Waals surface area contributed by atoms with Crippen LogP contribution in [0.1, 0.15) is 149 Å². The number of esters is 2. The summed E-state index contributed by atoms with van der Waals surface area (Å²) >= 11 is 0. The molecule has 10 nitrogen and oxygen atoms in total. The molecule has 0 heterocycles. The van der Waals surface area contributed by atoms with Crippen molar-refractivity contribution >= 4 is 19.8 Å². The van der Waals surface area contributed by atoms with Crippen molar-refractivity contribution in [1.82, 2.24) is 0 Å². The van der Waals surface area contributed by atoms with Gasteiger partial charge in [0.2, 0.25) is 0 Å². The van der Waals surface area contributed by atoms with Crippen molar-refractivity contribution in [3.63, 3.8) is 0 Å². The second-order valence-corrected chi connectivity index (χ2v) is 14.8. The highest BCUT2D eigenvalue weighted by Crippen LogP contribution is 2.43. The number of carbonyl (C=O) groups is 2. The number of aliphatic hydroxyl groups excluding tert-OH is 1. The van der Waals surface area contributed by atoms with Gasteiger partial charge in [-0.25, -0.2) is 4.57 Å². The highest BCUT2D eigenvalue weighted by Gasteiger charge is 2.25. The average molecular weight is 780 g/mol. The number of aliphatic hydroxyl groups is 1. The van der Waals surface area contributed by atoms with Gasteiger partial charge in [0.25, 0.3) is 0 Å². The van der Waals surface area contributed by atoms with Crippen LogP contribution in [-0.2, 0) is 32.7 Å². The van der Waals surface area contributed by atoms with E-state index in [2.05, 4.69) is 32.1 Å². The first-order chi connectivity index (χ1) is 26.2. The zero-order valence-corrected chi connectivity index (χ0v) is 34.4. The molecule has 0 fully saturated rings. The first-order valence-electron chi connectivity index (χ1n) is 20.5. The monoisotopic (exact) mass is 780 g/mol. The molecule has 3 atom stereocenters. The van der Waals surface area contributed by atoms with Gasteiger partial charge in [0, 0.05) is 19.4 Å². The molecule has 310 valence electrons. The SMILES string of the molecule is CCC=CCC=CCC(O)C=CC=CCC=CCC=CCCC(=O)OC(COC(=O)CCCCCCCCCCCCCCC)COP(=O)(O)OCCN. The number of phosphoric ester groups is 1. The van der Waals surface area contributed by atoms with E-state index in [9.17, 15) is 24.2 Å². The number of hydrogen-bond donors (Lipinski definition) is 3. The van der Waals surface area contributed by atoms with Crippen LogP contribution in [0.3, 0.4) is 0 Å². The van der Waals surface area contributed by atoms with E-state index < -0.39 is 38.6 Å². The van der Waals surface area contributed by atoms with Crippen molar-refractivity contribution in [2.45, 2.75) is 161 Å². The van der Waals surface area contributed by atoms with E-state index in [0.29, 0.717) is 25.7 Å². The Balaban J connectivity index is 4.39. The van der Waals surface area contributed by atoms with Gasteiger partial charge in [0.05, 0.1) is 19.3 Å². The lowest BCUT2D eigenvalue weighted by atomic mass is 10.0. The number of allylic oxidation sites excluding steroid dienone is 10. The lowest BCUT2D eigenvalue weighted by Gasteiger charge is -2.19. The minimum absolute atomic E-state index is 0.0310. The summed E-state index contributed by atoms with van der Waals surface area (Å²) in [7, 11) is -4.41. The molecule has 3 unspecified atom stereocenters. The molecule has 0 amide bonds. The summed E-state index contributed by atoms with van der Waals surface area (Å²) in [6.45, 7) is 3.43. The molecule has 0 aliphatic rings. The first kappa shape index (κ1) is 51.4. The Morgan fingerprint density at radius 1 is 0.667 bits per heavy atom. The van der Waals surface area contributed by atoms with Crippen LogP contribution >= 0.6 is 7.82 Å². The summed E-state index contributed by atoms with van der Waals surface area (Å²) in [5.74, 6) is -0.961. The molecular formula is C43H74NO9P. The maximum atomic E-state index is 12.5. The van der Waals surface area contributed by atoms with Crippen LogP contribution in [0.25, 0.3) is 0 Å². The third kappa shape index (κ3) is 37.7. The lowest BCUT2D eigenvalue weighted by molar-refractivity contribution is -0.161. The van der Waals surface area contributed by atoms with Crippen molar-refractivity contribution in [1.29, 1.82) is 0 Å². The third-order valence-electron chi connectivity index (χ3n) is 8.20. The van der Waals surface area contributed by atoms with Gasteiger partial charge < -0.3 is 25.2 Å². The number of ether oxygens (including phenoxy) is 2. The molecule has 0 aromatic heterocycles. The third-order valence-corrected chi connectivity index (χ3v) is 9.18. The minimum Gasteiger partial charge on any atom is -0.462 e. The normalized spacial score (nSPS) is 14.7. The van der Waals surface area contributed by atoms with Crippen LogP contribution in [0.5, 0.6) is 0 Å². The Morgan fingerprint density at radius 3 is 1.87 bits per heavy atom. The summed E-state index contributed by atoms with van der Waals surface area (Å²) < 4.78 is 32.6. The van der Waals surface area contributed by atoms with E-state index >= 15 is 0 Å². The zero-order valence-electron chi connectivity index (χ0n) is 33.5. The van der Waals surface area contributed by atoms with Gasteiger partial charge in [0.1, 0.15) is 6.61 Å². The summed E-state index contributed by atoms with van der Waals surface area (Å²) in [6.07, 6.45) is 42.6. The summed E-state index contributed by atoms with van der Waals surface area (Å²) in [5.41, 5.74) is 5.33. The molecule has 11 heteroatoms. The maximum Gasteiger partial charge on any atom is 0.472 e. The smallest absolute Gasteiger partial charge is 0.462 e. The first-order valence-corrected chi connectivity index (χ1v) is 22.0. The Bertz CT molecular complexity index is 1130. The predicted molar refractivity (Wildman–Crippen MR) is 221 cm³/mol. The molecule has 0 spiro atoms. The van der Waals surface area contributed by atoms with Gasteiger partial charge >= 0.3 is 19.8 Å². The highest BCUT2D eigenvalue weighted by atomic mass is 31.2. The molecule has 0 radical (unpaired) electrons.